The van der Waals surface area contributed by atoms with Gasteiger partial charge in [-0.15, -0.1) is 12.6 Å². The Bertz CT molecular complexity index is 260. The summed E-state index contributed by atoms with van der Waals surface area (Å²) >= 11 is 4.44. The number of rotatable bonds is 4. The average molecular weight is 195 g/mol. The third-order valence-corrected chi connectivity index (χ3v) is 2.65. The minimum Gasteiger partial charge on any atom is -0.313 e. The average Bonchev–Trinajstić information content (AvgIpc) is 2.16. The molecular formula is C11H17NS. The van der Waals surface area contributed by atoms with Crippen LogP contribution >= 0.6 is 12.6 Å². The lowest BCUT2D eigenvalue weighted by Gasteiger charge is -2.17. The second kappa shape index (κ2) is 5.30. The molecule has 0 fully saturated rings. The first-order valence-electron chi connectivity index (χ1n) is 4.74. The van der Waals surface area contributed by atoms with E-state index < -0.39 is 0 Å². The van der Waals surface area contributed by atoms with E-state index in [1.165, 1.54) is 12.0 Å². The lowest BCUT2D eigenvalue weighted by atomic mass is 10.0. The van der Waals surface area contributed by atoms with Gasteiger partial charge < -0.3 is 5.32 Å². The van der Waals surface area contributed by atoms with Crippen LogP contribution < -0.4 is 5.32 Å². The van der Waals surface area contributed by atoms with Crippen molar-refractivity contribution in [3.05, 3.63) is 29.8 Å². The third kappa shape index (κ3) is 2.75. The second-order valence-electron chi connectivity index (χ2n) is 3.19. The molecule has 0 heterocycles. The third-order valence-electron chi connectivity index (χ3n) is 2.24. The first-order valence-corrected chi connectivity index (χ1v) is 5.19. The van der Waals surface area contributed by atoms with Gasteiger partial charge in [0.1, 0.15) is 0 Å². The molecule has 0 aliphatic rings. The highest BCUT2D eigenvalue weighted by Gasteiger charge is 2.09. The van der Waals surface area contributed by atoms with E-state index in [1.807, 2.05) is 19.2 Å². The quantitative estimate of drug-likeness (QED) is 0.704. The Balaban J connectivity index is 2.84. The van der Waals surface area contributed by atoms with Gasteiger partial charge in [0.15, 0.2) is 0 Å². The highest BCUT2D eigenvalue weighted by atomic mass is 32.1. The number of hydrogen-bond donors (Lipinski definition) is 2. The zero-order valence-electron chi connectivity index (χ0n) is 8.25. The Labute approximate surface area is 86.0 Å². The Morgan fingerprint density at radius 2 is 2.08 bits per heavy atom. The summed E-state index contributed by atoms with van der Waals surface area (Å²) < 4.78 is 0. The van der Waals surface area contributed by atoms with Gasteiger partial charge in [0, 0.05) is 10.9 Å². The lowest BCUT2D eigenvalue weighted by molar-refractivity contribution is 0.534. The Hall–Kier alpha value is -0.470. The summed E-state index contributed by atoms with van der Waals surface area (Å²) in [6.07, 6.45) is 2.35. The molecule has 0 aliphatic heterocycles. The molecular weight excluding hydrogens is 178 g/mol. The summed E-state index contributed by atoms with van der Waals surface area (Å²) in [6.45, 7) is 2.20. The summed E-state index contributed by atoms with van der Waals surface area (Å²) in [7, 11) is 2.00. The van der Waals surface area contributed by atoms with Gasteiger partial charge in [-0.25, -0.2) is 0 Å². The fraction of sp³-hybridized carbons (Fsp3) is 0.455. The van der Waals surface area contributed by atoms with Gasteiger partial charge in [-0.1, -0.05) is 31.5 Å². The number of benzene rings is 1. The molecule has 0 amide bonds. The van der Waals surface area contributed by atoms with Crippen LogP contribution in [0.4, 0.5) is 0 Å². The second-order valence-corrected chi connectivity index (χ2v) is 3.67. The van der Waals surface area contributed by atoms with E-state index in [0.29, 0.717) is 6.04 Å². The maximum Gasteiger partial charge on any atom is 0.0328 e. The SMILES string of the molecule is CCC[C@@H](NC)c1ccccc1S. The van der Waals surface area contributed by atoms with Crippen LogP contribution in [0.25, 0.3) is 0 Å². The highest BCUT2D eigenvalue weighted by molar-refractivity contribution is 7.80. The van der Waals surface area contributed by atoms with Crippen LogP contribution in [-0.4, -0.2) is 7.05 Å². The molecule has 0 saturated carbocycles. The summed E-state index contributed by atoms with van der Waals surface area (Å²) in [5.74, 6) is 0. The standard InChI is InChI=1S/C11H17NS/c1-3-6-10(12-2)9-7-4-5-8-11(9)13/h4-5,7-8,10,12-13H,3,6H2,1-2H3/t10-/m1/s1. The molecule has 1 aromatic carbocycles. The van der Waals surface area contributed by atoms with Crippen molar-refractivity contribution in [1.29, 1.82) is 0 Å². The molecule has 0 bridgehead atoms. The Morgan fingerprint density at radius 3 is 2.62 bits per heavy atom. The van der Waals surface area contributed by atoms with Crippen molar-refractivity contribution in [2.24, 2.45) is 0 Å². The zero-order valence-corrected chi connectivity index (χ0v) is 9.14. The van der Waals surface area contributed by atoms with Crippen molar-refractivity contribution in [2.75, 3.05) is 7.05 Å². The van der Waals surface area contributed by atoms with E-state index in [1.54, 1.807) is 0 Å². The maximum absolute atomic E-state index is 4.44. The van der Waals surface area contributed by atoms with Crippen molar-refractivity contribution < 1.29 is 0 Å². The molecule has 1 N–H and O–H groups in total. The van der Waals surface area contributed by atoms with Gasteiger partial charge in [0.25, 0.3) is 0 Å². The highest BCUT2D eigenvalue weighted by Crippen LogP contribution is 2.23. The summed E-state index contributed by atoms with van der Waals surface area (Å²) in [6, 6.07) is 8.70. The van der Waals surface area contributed by atoms with E-state index in [9.17, 15) is 0 Å². The zero-order chi connectivity index (χ0) is 9.68. The van der Waals surface area contributed by atoms with Gasteiger partial charge in [0.2, 0.25) is 0 Å². The van der Waals surface area contributed by atoms with Gasteiger partial charge >= 0.3 is 0 Å². The number of thiol groups is 1. The largest absolute Gasteiger partial charge is 0.313 e. The number of nitrogens with one attached hydrogen (secondary N) is 1. The number of hydrogen-bond acceptors (Lipinski definition) is 2. The molecule has 0 unspecified atom stereocenters. The van der Waals surface area contributed by atoms with Crippen LogP contribution in [0.1, 0.15) is 31.4 Å². The molecule has 13 heavy (non-hydrogen) atoms. The van der Waals surface area contributed by atoms with Gasteiger partial charge in [-0.3, -0.25) is 0 Å². The van der Waals surface area contributed by atoms with E-state index in [2.05, 4.69) is 37.0 Å². The molecule has 0 radical (unpaired) electrons. The fourth-order valence-electron chi connectivity index (χ4n) is 1.53. The predicted octanol–water partition coefficient (Wildman–Crippen LogP) is 3.04. The van der Waals surface area contributed by atoms with Gasteiger partial charge in [0.05, 0.1) is 0 Å². The van der Waals surface area contributed by atoms with E-state index in [0.717, 1.165) is 11.3 Å². The minimum atomic E-state index is 0.443. The van der Waals surface area contributed by atoms with E-state index in [-0.39, 0.29) is 0 Å². The Morgan fingerprint density at radius 1 is 1.38 bits per heavy atom. The van der Waals surface area contributed by atoms with Crippen LogP contribution in [0.5, 0.6) is 0 Å². The monoisotopic (exact) mass is 195 g/mol. The van der Waals surface area contributed by atoms with Crippen molar-refractivity contribution >= 4 is 12.6 Å². The van der Waals surface area contributed by atoms with Crippen LogP contribution in [0.3, 0.4) is 0 Å². The molecule has 2 heteroatoms. The molecule has 1 rings (SSSR count). The minimum absolute atomic E-state index is 0.443. The molecule has 0 aliphatic carbocycles. The summed E-state index contributed by atoms with van der Waals surface area (Å²) in [5, 5.41) is 3.31. The summed E-state index contributed by atoms with van der Waals surface area (Å²) in [4.78, 5) is 1.08. The van der Waals surface area contributed by atoms with Crippen molar-refractivity contribution in [2.45, 2.75) is 30.7 Å². The van der Waals surface area contributed by atoms with Gasteiger partial charge in [-0.2, -0.15) is 0 Å². The van der Waals surface area contributed by atoms with E-state index in [4.69, 9.17) is 0 Å². The normalized spacial score (nSPS) is 12.8. The maximum atomic E-state index is 4.44. The topological polar surface area (TPSA) is 12.0 Å². The smallest absolute Gasteiger partial charge is 0.0328 e. The predicted molar refractivity (Wildman–Crippen MR) is 60.4 cm³/mol. The molecule has 1 aromatic rings. The fourth-order valence-corrected chi connectivity index (χ4v) is 1.84. The van der Waals surface area contributed by atoms with Crippen molar-refractivity contribution in [3.8, 4) is 0 Å². The van der Waals surface area contributed by atoms with Crippen molar-refractivity contribution in [1.82, 2.24) is 5.32 Å². The molecule has 1 atom stereocenters. The first-order chi connectivity index (χ1) is 6.29. The van der Waals surface area contributed by atoms with Crippen molar-refractivity contribution in [3.63, 3.8) is 0 Å². The van der Waals surface area contributed by atoms with Crippen LogP contribution in [0, 0.1) is 0 Å². The van der Waals surface area contributed by atoms with E-state index >= 15 is 0 Å². The molecule has 0 spiro atoms. The van der Waals surface area contributed by atoms with Crippen LogP contribution in [0.15, 0.2) is 29.2 Å². The van der Waals surface area contributed by atoms with Crippen LogP contribution in [0.2, 0.25) is 0 Å². The lowest BCUT2D eigenvalue weighted by Crippen LogP contribution is -2.16. The van der Waals surface area contributed by atoms with Crippen LogP contribution in [-0.2, 0) is 0 Å². The summed E-state index contributed by atoms with van der Waals surface area (Å²) in [5.41, 5.74) is 1.30. The molecule has 72 valence electrons. The molecule has 1 nitrogen and oxygen atoms in total. The first kappa shape index (κ1) is 10.6. The van der Waals surface area contributed by atoms with Gasteiger partial charge in [-0.05, 0) is 25.1 Å². The Kier molecular flexibility index (Phi) is 4.33. The molecule has 0 saturated heterocycles. The molecule has 0 aromatic heterocycles.